The van der Waals surface area contributed by atoms with Gasteiger partial charge in [0.05, 0.1) is 5.69 Å². The molecule has 4 rings (SSSR count). The lowest BCUT2D eigenvalue weighted by atomic mass is 10.1. The van der Waals surface area contributed by atoms with Gasteiger partial charge >= 0.3 is 6.03 Å². The normalized spacial score (nSPS) is 11.7. The summed E-state index contributed by atoms with van der Waals surface area (Å²) in [5.74, 6) is 0.801. The van der Waals surface area contributed by atoms with Gasteiger partial charge in [-0.1, -0.05) is 85.8 Å². The number of hydrogen-bond donors (Lipinski definition) is 1. The Kier molecular flexibility index (Phi) is 7.26. The highest BCUT2D eigenvalue weighted by atomic mass is 16.5. The zero-order chi connectivity index (χ0) is 23.0. The van der Waals surface area contributed by atoms with Gasteiger partial charge in [0.1, 0.15) is 12.4 Å². The number of benzene rings is 4. The molecular weight excluding hydrogens is 408 g/mol. The number of rotatable bonds is 8. The van der Waals surface area contributed by atoms with Gasteiger partial charge in [-0.05, 0) is 48.1 Å². The molecular formula is C29H30N2O2. The van der Waals surface area contributed by atoms with E-state index in [0.717, 1.165) is 39.8 Å². The van der Waals surface area contributed by atoms with Crippen molar-refractivity contribution in [3.63, 3.8) is 0 Å². The summed E-state index contributed by atoms with van der Waals surface area (Å²) in [7, 11) is 0. The number of carbonyl (C=O) groups excluding carboxylic acids is 1. The standard InChI is InChI=1S/C29H30N2O2/c1-3-22(2)31(29(32)30-28-18-10-15-25-14-7-8-17-27(25)28)20-24-13-9-16-26(19-24)33-21-23-11-5-4-6-12-23/h4-19,22H,3,20-21H2,1-2H3,(H,30,32). The molecule has 0 saturated carbocycles. The largest absolute Gasteiger partial charge is 0.489 e. The molecule has 1 atom stereocenters. The number of urea groups is 1. The smallest absolute Gasteiger partial charge is 0.322 e. The fourth-order valence-corrected chi connectivity index (χ4v) is 3.84. The van der Waals surface area contributed by atoms with Crippen LogP contribution in [0.2, 0.25) is 0 Å². The lowest BCUT2D eigenvalue weighted by Crippen LogP contribution is -2.40. The summed E-state index contributed by atoms with van der Waals surface area (Å²) < 4.78 is 5.99. The van der Waals surface area contributed by atoms with Crippen molar-refractivity contribution in [3.05, 3.63) is 108 Å². The maximum absolute atomic E-state index is 13.3. The van der Waals surface area contributed by atoms with Crippen LogP contribution in [0.15, 0.2) is 97.1 Å². The van der Waals surface area contributed by atoms with E-state index in [-0.39, 0.29) is 12.1 Å². The molecule has 4 nitrogen and oxygen atoms in total. The minimum absolute atomic E-state index is 0.0915. The Balaban J connectivity index is 1.49. The van der Waals surface area contributed by atoms with Crippen molar-refractivity contribution >= 4 is 22.5 Å². The number of nitrogens with zero attached hydrogens (tertiary/aromatic N) is 1. The van der Waals surface area contributed by atoms with Crippen LogP contribution in [0.1, 0.15) is 31.4 Å². The minimum atomic E-state index is -0.101. The highest BCUT2D eigenvalue weighted by Crippen LogP contribution is 2.24. The molecule has 2 amide bonds. The quantitative estimate of drug-likeness (QED) is 0.315. The lowest BCUT2D eigenvalue weighted by molar-refractivity contribution is 0.187. The van der Waals surface area contributed by atoms with Crippen LogP contribution in [0.3, 0.4) is 0 Å². The number of hydrogen-bond acceptors (Lipinski definition) is 2. The van der Waals surface area contributed by atoms with E-state index in [2.05, 4.69) is 31.3 Å². The number of fused-ring (bicyclic) bond motifs is 1. The first-order valence-corrected chi connectivity index (χ1v) is 11.4. The fraction of sp³-hybridized carbons (Fsp3) is 0.207. The molecule has 0 radical (unpaired) electrons. The van der Waals surface area contributed by atoms with Crippen molar-refractivity contribution in [2.45, 2.75) is 39.5 Å². The first-order valence-electron chi connectivity index (χ1n) is 11.4. The average molecular weight is 439 g/mol. The first-order chi connectivity index (χ1) is 16.1. The van der Waals surface area contributed by atoms with Gasteiger partial charge in [0.2, 0.25) is 0 Å². The second kappa shape index (κ2) is 10.7. The molecule has 0 aliphatic rings. The van der Waals surface area contributed by atoms with Crippen LogP contribution in [0.4, 0.5) is 10.5 Å². The van der Waals surface area contributed by atoms with E-state index < -0.39 is 0 Å². The Labute approximate surface area is 195 Å². The SMILES string of the molecule is CCC(C)N(Cc1cccc(OCc2ccccc2)c1)C(=O)Nc1cccc2ccccc12. The summed E-state index contributed by atoms with van der Waals surface area (Å²) in [5.41, 5.74) is 2.99. The molecule has 0 aliphatic heterocycles. The van der Waals surface area contributed by atoms with Gasteiger partial charge in [-0.15, -0.1) is 0 Å². The van der Waals surface area contributed by atoms with E-state index >= 15 is 0 Å². The molecule has 0 aromatic heterocycles. The van der Waals surface area contributed by atoms with Crippen LogP contribution in [0, 0.1) is 0 Å². The topological polar surface area (TPSA) is 41.6 Å². The second-order valence-electron chi connectivity index (χ2n) is 8.26. The van der Waals surface area contributed by atoms with Crippen LogP contribution in [0.5, 0.6) is 5.75 Å². The molecule has 168 valence electrons. The van der Waals surface area contributed by atoms with Crippen molar-refractivity contribution in [2.24, 2.45) is 0 Å². The van der Waals surface area contributed by atoms with Crippen molar-refractivity contribution in [1.82, 2.24) is 4.90 Å². The molecule has 33 heavy (non-hydrogen) atoms. The number of nitrogens with one attached hydrogen (secondary N) is 1. The molecule has 4 heteroatoms. The van der Waals surface area contributed by atoms with Gasteiger partial charge in [0.25, 0.3) is 0 Å². The molecule has 0 saturated heterocycles. The first kappa shape index (κ1) is 22.4. The Morgan fingerprint density at radius 3 is 2.39 bits per heavy atom. The zero-order valence-electron chi connectivity index (χ0n) is 19.2. The van der Waals surface area contributed by atoms with E-state index in [1.807, 2.05) is 89.8 Å². The molecule has 0 fully saturated rings. The van der Waals surface area contributed by atoms with Gasteiger partial charge in [0.15, 0.2) is 0 Å². The van der Waals surface area contributed by atoms with Gasteiger partial charge < -0.3 is 15.0 Å². The van der Waals surface area contributed by atoms with Gasteiger partial charge in [-0.3, -0.25) is 0 Å². The fourth-order valence-electron chi connectivity index (χ4n) is 3.84. The van der Waals surface area contributed by atoms with Crippen LogP contribution in [0.25, 0.3) is 10.8 Å². The molecule has 1 unspecified atom stereocenters. The van der Waals surface area contributed by atoms with Gasteiger partial charge in [-0.25, -0.2) is 4.79 Å². The third-order valence-electron chi connectivity index (χ3n) is 5.91. The van der Waals surface area contributed by atoms with E-state index in [9.17, 15) is 4.79 Å². The number of amides is 2. The van der Waals surface area contributed by atoms with Gasteiger partial charge in [-0.2, -0.15) is 0 Å². The van der Waals surface area contributed by atoms with Crippen LogP contribution < -0.4 is 10.1 Å². The molecule has 1 N–H and O–H groups in total. The van der Waals surface area contributed by atoms with Gasteiger partial charge in [0, 0.05) is 18.0 Å². The average Bonchev–Trinajstić information content (AvgIpc) is 2.86. The van der Waals surface area contributed by atoms with Crippen molar-refractivity contribution in [1.29, 1.82) is 0 Å². The monoisotopic (exact) mass is 438 g/mol. The summed E-state index contributed by atoms with van der Waals surface area (Å²) in [4.78, 5) is 15.2. The predicted octanol–water partition coefficient (Wildman–Crippen LogP) is 7.25. The van der Waals surface area contributed by atoms with Crippen LogP contribution >= 0.6 is 0 Å². The number of anilines is 1. The Morgan fingerprint density at radius 1 is 0.879 bits per heavy atom. The number of carbonyl (C=O) groups is 1. The Morgan fingerprint density at radius 2 is 1.58 bits per heavy atom. The van der Waals surface area contributed by atoms with E-state index in [0.29, 0.717) is 13.2 Å². The summed E-state index contributed by atoms with van der Waals surface area (Å²) in [5, 5.41) is 5.28. The van der Waals surface area contributed by atoms with Crippen molar-refractivity contribution in [2.75, 3.05) is 5.32 Å². The van der Waals surface area contributed by atoms with E-state index in [1.165, 1.54) is 0 Å². The minimum Gasteiger partial charge on any atom is -0.489 e. The van der Waals surface area contributed by atoms with Crippen molar-refractivity contribution in [3.8, 4) is 5.75 Å². The number of ether oxygens (including phenoxy) is 1. The highest BCUT2D eigenvalue weighted by molar-refractivity contribution is 6.01. The van der Waals surface area contributed by atoms with E-state index in [4.69, 9.17) is 4.74 Å². The van der Waals surface area contributed by atoms with Crippen LogP contribution in [-0.2, 0) is 13.2 Å². The summed E-state index contributed by atoms with van der Waals surface area (Å²) in [6.07, 6.45) is 0.868. The maximum atomic E-state index is 13.3. The maximum Gasteiger partial charge on any atom is 0.322 e. The molecule has 4 aromatic rings. The molecule has 4 aromatic carbocycles. The van der Waals surface area contributed by atoms with Crippen molar-refractivity contribution < 1.29 is 9.53 Å². The van der Waals surface area contributed by atoms with Crippen LogP contribution in [-0.4, -0.2) is 17.0 Å². The molecule has 0 spiro atoms. The van der Waals surface area contributed by atoms with E-state index in [1.54, 1.807) is 0 Å². The summed E-state index contributed by atoms with van der Waals surface area (Å²) >= 11 is 0. The third-order valence-corrected chi connectivity index (χ3v) is 5.91. The lowest BCUT2D eigenvalue weighted by Gasteiger charge is -2.29. The molecule has 0 aliphatic carbocycles. The summed E-state index contributed by atoms with van der Waals surface area (Å²) in [6.45, 7) is 5.20. The molecule has 0 heterocycles. The predicted molar refractivity (Wildman–Crippen MR) is 135 cm³/mol. The third kappa shape index (κ3) is 5.72. The highest BCUT2D eigenvalue weighted by Gasteiger charge is 2.20. The Bertz CT molecular complexity index is 1200. The second-order valence-corrected chi connectivity index (χ2v) is 8.26. The molecule has 0 bridgehead atoms. The Hall–Kier alpha value is -3.79. The zero-order valence-corrected chi connectivity index (χ0v) is 19.2. The summed E-state index contributed by atoms with van der Waals surface area (Å²) in [6, 6.07) is 32.1.